The molecule has 3 rings (SSSR count). The van der Waals surface area contributed by atoms with Gasteiger partial charge in [0.05, 0.1) is 10.7 Å². The summed E-state index contributed by atoms with van der Waals surface area (Å²) in [5.74, 6) is -0.175. The molecule has 2 aromatic carbocycles. The van der Waals surface area contributed by atoms with Crippen LogP contribution in [0.15, 0.2) is 48.5 Å². The van der Waals surface area contributed by atoms with Crippen LogP contribution >= 0.6 is 11.6 Å². The van der Waals surface area contributed by atoms with Gasteiger partial charge in [0.15, 0.2) is 12.7 Å². The van der Waals surface area contributed by atoms with Crippen molar-refractivity contribution >= 4 is 29.2 Å². The van der Waals surface area contributed by atoms with E-state index in [1.165, 1.54) is 0 Å². The van der Waals surface area contributed by atoms with E-state index in [2.05, 4.69) is 4.90 Å². The van der Waals surface area contributed by atoms with Crippen LogP contribution in [0, 0.1) is 6.92 Å². The van der Waals surface area contributed by atoms with E-state index in [0.29, 0.717) is 37.0 Å². The van der Waals surface area contributed by atoms with E-state index in [9.17, 15) is 9.59 Å². The number of halogens is 1. The molecule has 1 aliphatic heterocycles. The van der Waals surface area contributed by atoms with Gasteiger partial charge in [-0.1, -0.05) is 35.9 Å². The van der Waals surface area contributed by atoms with E-state index in [0.717, 1.165) is 11.3 Å². The van der Waals surface area contributed by atoms with Gasteiger partial charge >= 0.3 is 5.97 Å². The quantitative estimate of drug-likeness (QED) is 0.676. The number of esters is 1. The lowest BCUT2D eigenvalue weighted by Crippen LogP contribution is -2.50. The summed E-state index contributed by atoms with van der Waals surface area (Å²) in [6.07, 6.45) is -0.790. The molecule has 0 unspecified atom stereocenters. The maximum atomic E-state index is 12.4. The largest absolute Gasteiger partial charge is 0.479 e. The number of hydrogen-bond acceptors (Lipinski definition) is 5. The fraction of sp³-hybridized carbons (Fsp3) is 0.364. The first-order valence-corrected chi connectivity index (χ1v) is 9.99. The molecule has 2 aromatic rings. The van der Waals surface area contributed by atoms with Gasteiger partial charge in [-0.3, -0.25) is 4.79 Å². The summed E-state index contributed by atoms with van der Waals surface area (Å²) in [4.78, 5) is 28.4. The zero-order chi connectivity index (χ0) is 20.8. The normalized spacial score (nSPS) is 15.0. The number of rotatable bonds is 6. The first-order chi connectivity index (χ1) is 13.9. The number of benzene rings is 2. The monoisotopic (exact) mass is 416 g/mol. The highest BCUT2D eigenvalue weighted by molar-refractivity contribution is 6.33. The Kier molecular flexibility index (Phi) is 6.99. The van der Waals surface area contributed by atoms with E-state index in [4.69, 9.17) is 21.1 Å². The Balaban J connectivity index is 1.44. The highest BCUT2D eigenvalue weighted by atomic mass is 35.5. The van der Waals surface area contributed by atoms with Crippen molar-refractivity contribution in [3.63, 3.8) is 0 Å². The van der Waals surface area contributed by atoms with Crippen molar-refractivity contribution in [1.29, 1.82) is 0 Å². The summed E-state index contributed by atoms with van der Waals surface area (Å²) in [6.45, 7) is 5.73. The van der Waals surface area contributed by atoms with Gasteiger partial charge in [0, 0.05) is 26.2 Å². The standard InChI is InChI=1S/C22H25ClN2O4/c1-16-6-5-7-18(14-16)29-17(2)22(27)28-15-21(26)25-12-10-24(11-13-25)20-9-4-3-8-19(20)23/h3-9,14,17H,10-13,15H2,1-2H3/t17-/m1/s1. The molecule has 1 heterocycles. The van der Waals surface area contributed by atoms with Crippen LogP contribution in [0.4, 0.5) is 5.69 Å². The minimum atomic E-state index is -0.790. The maximum absolute atomic E-state index is 12.4. The fourth-order valence-corrected chi connectivity index (χ4v) is 3.44. The Morgan fingerprint density at radius 1 is 1.07 bits per heavy atom. The molecular formula is C22H25ClN2O4. The highest BCUT2D eigenvalue weighted by Crippen LogP contribution is 2.26. The SMILES string of the molecule is Cc1cccc(O[C@H](C)C(=O)OCC(=O)N2CCN(c3ccccc3Cl)CC2)c1. The van der Waals surface area contributed by atoms with Gasteiger partial charge in [0.1, 0.15) is 5.75 Å². The third kappa shape index (κ3) is 5.64. The summed E-state index contributed by atoms with van der Waals surface area (Å²) < 4.78 is 10.8. The van der Waals surface area contributed by atoms with E-state index in [1.54, 1.807) is 17.9 Å². The molecule has 1 saturated heterocycles. The van der Waals surface area contributed by atoms with Crippen LogP contribution in [-0.2, 0) is 14.3 Å². The van der Waals surface area contributed by atoms with Crippen molar-refractivity contribution in [3.8, 4) is 5.75 Å². The van der Waals surface area contributed by atoms with Gasteiger partial charge in [0.2, 0.25) is 0 Å². The number of aryl methyl sites for hydroxylation is 1. The molecule has 1 fully saturated rings. The molecule has 154 valence electrons. The summed E-state index contributed by atoms with van der Waals surface area (Å²) >= 11 is 6.25. The van der Waals surface area contributed by atoms with Gasteiger partial charge in [-0.2, -0.15) is 0 Å². The molecule has 1 atom stereocenters. The molecule has 1 amide bonds. The van der Waals surface area contributed by atoms with E-state index in [1.807, 2.05) is 49.4 Å². The smallest absolute Gasteiger partial charge is 0.347 e. The number of para-hydroxylation sites is 1. The number of amides is 1. The lowest BCUT2D eigenvalue weighted by Gasteiger charge is -2.36. The molecule has 7 heteroatoms. The van der Waals surface area contributed by atoms with Crippen LogP contribution in [0.1, 0.15) is 12.5 Å². The molecule has 0 saturated carbocycles. The number of ether oxygens (including phenoxy) is 2. The zero-order valence-corrected chi connectivity index (χ0v) is 17.4. The van der Waals surface area contributed by atoms with Gasteiger partial charge in [-0.15, -0.1) is 0 Å². The summed E-state index contributed by atoms with van der Waals surface area (Å²) in [5, 5.41) is 0.698. The molecule has 1 aliphatic rings. The molecule has 0 radical (unpaired) electrons. The predicted molar refractivity (Wildman–Crippen MR) is 112 cm³/mol. The molecule has 0 spiro atoms. The van der Waals surface area contributed by atoms with Crippen LogP contribution in [0.2, 0.25) is 5.02 Å². The van der Waals surface area contributed by atoms with Gasteiger partial charge < -0.3 is 19.3 Å². The lowest BCUT2D eigenvalue weighted by atomic mass is 10.2. The molecule has 0 N–H and O–H groups in total. The number of carbonyl (C=O) groups is 2. The molecule has 0 aliphatic carbocycles. The molecule has 0 bridgehead atoms. The van der Waals surface area contributed by atoms with Gasteiger partial charge in [-0.05, 0) is 43.7 Å². The number of anilines is 1. The number of nitrogens with zero attached hydrogens (tertiary/aromatic N) is 2. The van der Waals surface area contributed by atoms with Crippen molar-refractivity contribution in [2.24, 2.45) is 0 Å². The molecule has 0 aromatic heterocycles. The average molecular weight is 417 g/mol. The van der Waals surface area contributed by atoms with Crippen LogP contribution in [0.3, 0.4) is 0 Å². The second-order valence-corrected chi connectivity index (χ2v) is 7.41. The second-order valence-electron chi connectivity index (χ2n) is 7.00. The highest BCUT2D eigenvalue weighted by Gasteiger charge is 2.24. The van der Waals surface area contributed by atoms with Crippen molar-refractivity contribution in [3.05, 3.63) is 59.1 Å². The van der Waals surface area contributed by atoms with Crippen LogP contribution in [0.25, 0.3) is 0 Å². The maximum Gasteiger partial charge on any atom is 0.347 e. The Hall–Kier alpha value is -2.73. The number of carbonyl (C=O) groups excluding carboxylic acids is 2. The second kappa shape index (κ2) is 9.65. The zero-order valence-electron chi connectivity index (χ0n) is 16.6. The topological polar surface area (TPSA) is 59.1 Å². The Labute approximate surface area is 176 Å². The molecule has 29 heavy (non-hydrogen) atoms. The van der Waals surface area contributed by atoms with E-state index < -0.39 is 12.1 Å². The number of piperazine rings is 1. The minimum Gasteiger partial charge on any atom is -0.479 e. The summed E-state index contributed by atoms with van der Waals surface area (Å²) in [6, 6.07) is 15.1. The van der Waals surface area contributed by atoms with Crippen LogP contribution in [0.5, 0.6) is 5.75 Å². The van der Waals surface area contributed by atoms with Crippen molar-refractivity contribution in [1.82, 2.24) is 4.90 Å². The van der Waals surface area contributed by atoms with E-state index in [-0.39, 0.29) is 12.5 Å². The third-order valence-corrected chi connectivity index (χ3v) is 5.12. The summed E-state index contributed by atoms with van der Waals surface area (Å²) in [7, 11) is 0. The fourth-order valence-electron chi connectivity index (χ4n) is 3.19. The van der Waals surface area contributed by atoms with Gasteiger partial charge in [0.25, 0.3) is 5.91 Å². The van der Waals surface area contributed by atoms with Crippen LogP contribution in [-0.4, -0.2) is 55.7 Å². The molecule has 6 nitrogen and oxygen atoms in total. The third-order valence-electron chi connectivity index (χ3n) is 4.80. The van der Waals surface area contributed by atoms with Gasteiger partial charge in [-0.25, -0.2) is 4.79 Å². The summed E-state index contributed by atoms with van der Waals surface area (Å²) in [5.41, 5.74) is 2.00. The van der Waals surface area contributed by atoms with E-state index >= 15 is 0 Å². The Morgan fingerprint density at radius 3 is 2.48 bits per heavy atom. The first-order valence-electron chi connectivity index (χ1n) is 9.61. The Morgan fingerprint density at radius 2 is 1.79 bits per heavy atom. The number of hydrogen-bond donors (Lipinski definition) is 0. The van der Waals surface area contributed by atoms with Crippen molar-refractivity contribution in [2.75, 3.05) is 37.7 Å². The minimum absolute atomic E-state index is 0.208. The lowest BCUT2D eigenvalue weighted by molar-refractivity contribution is -0.157. The molecular weight excluding hydrogens is 392 g/mol. The predicted octanol–water partition coefficient (Wildman–Crippen LogP) is 3.31. The van der Waals surface area contributed by atoms with Crippen molar-refractivity contribution < 1.29 is 19.1 Å². The van der Waals surface area contributed by atoms with Crippen LogP contribution < -0.4 is 9.64 Å². The van der Waals surface area contributed by atoms with Crippen molar-refractivity contribution in [2.45, 2.75) is 20.0 Å². The average Bonchev–Trinajstić information content (AvgIpc) is 2.72. The first kappa shape index (κ1) is 21.0. The Bertz CT molecular complexity index is 865.